The lowest BCUT2D eigenvalue weighted by Gasteiger charge is -2.37. The maximum Gasteiger partial charge on any atom is 0.238 e. The standard InChI is InChI=1S/C33H31ClN2O3/c1-3-4-5-8-21-11-13-22(14-12-21)31(38)29-30(20(2)37)36-27-17-16-24(34)19-23(27)15-18-28(36)33(29)25-9-6-7-10-26(25)35-32(33)39/h6-7,9-19,28-30H,3-5,8H2,1-2H3,(H,35,39)/t28-,29-,30-,33+/m0/s1. The lowest BCUT2D eigenvalue weighted by molar-refractivity contribution is -0.122. The first kappa shape index (κ1) is 25.6. The number of hydrogen-bond acceptors (Lipinski definition) is 4. The SMILES string of the molecule is CCCCCc1ccc(C(=O)[C@@H]2[C@H](C(C)=O)N3c4ccc(Cl)cc4C=C[C@H]3[C@@]23C(=O)Nc2ccccc23)cc1. The molecule has 6 rings (SSSR count). The molecular weight excluding hydrogens is 508 g/mol. The van der Waals surface area contributed by atoms with Crippen molar-refractivity contribution in [2.24, 2.45) is 5.92 Å². The van der Waals surface area contributed by atoms with Crippen molar-refractivity contribution >= 4 is 46.5 Å². The van der Waals surface area contributed by atoms with Crippen molar-refractivity contribution < 1.29 is 14.4 Å². The average molecular weight is 539 g/mol. The average Bonchev–Trinajstić information content (AvgIpc) is 3.41. The van der Waals surface area contributed by atoms with Crippen molar-refractivity contribution in [3.63, 3.8) is 0 Å². The van der Waals surface area contributed by atoms with E-state index in [1.807, 2.05) is 77.7 Å². The molecule has 1 N–H and O–H groups in total. The van der Waals surface area contributed by atoms with Gasteiger partial charge in [0.15, 0.2) is 11.6 Å². The third-order valence-electron chi connectivity index (χ3n) is 8.60. The smallest absolute Gasteiger partial charge is 0.238 e. The molecule has 198 valence electrons. The molecule has 3 heterocycles. The molecule has 39 heavy (non-hydrogen) atoms. The van der Waals surface area contributed by atoms with E-state index in [0.717, 1.165) is 42.5 Å². The number of halogens is 1. The summed E-state index contributed by atoms with van der Waals surface area (Å²) in [5.41, 5.74) is 3.53. The van der Waals surface area contributed by atoms with E-state index in [1.165, 1.54) is 12.5 Å². The van der Waals surface area contributed by atoms with Crippen molar-refractivity contribution in [2.75, 3.05) is 10.2 Å². The molecule has 0 radical (unpaired) electrons. The van der Waals surface area contributed by atoms with Crippen molar-refractivity contribution in [1.82, 2.24) is 0 Å². The molecule has 4 atom stereocenters. The molecule has 3 aromatic carbocycles. The molecule has 1 amide bonds. The Bertz CT molecular complexity index is 1510. The van der Waals surface area contributed by atoms with Crippen LogP contribution in [-0.4, -0.2) is 29.6 Å². The minimum Gasteiger partial charge on any atom is -0.352 e. The van der Waals surface area contributed by atoms with Crippen LogP contribution in [0.5, 0.6) is 0 Å². The number of nitrogens with one attached hydrogen (secondary N) is 1. The third-order valence-corrected chi connectivity index (χ3v) is 8.84. The second kappa shape index (κ2) is 9.80. The number of para-hydroxylation sites is 1. The summed E-state index contributed by atoms with van der Waals surface area (Å²) in [4.78, 5) is 44.2. The summed E-state index contributed by atoms with van der Waals surface area (Å²) in [5.74, 6) is -1.51. The molecule has 0 saturated carbocycles. The van der Waals surface area contributed by atoms with Gasteiger partial charge < -0.3 is 10.2 Å². The Morgan fingerprint density at radius 3 is 2.54 bits per heavy atom. The molecule has 1 spiro atoms. The van der Waals surface area contributed by atoms with Gasteiger partial charge in [0.25, 0.3) is 0 Å². The molecule has 0 aliphatic carbocycles. The van der Waals surface area contributed by atoms with Crippen LogP contribution in [0.4, 0.5) is 11.4 Å². The molecule has 0 bridgehead atoms. The Balaban J connectivity index is 1.52. The normalized spacial score (nSPS) is 24.3. The fourth-order valence-electron chi connectivity index (χ4n) is 6.90. The zero-order chi connectivity index (χ0) is 27.3. The summed E-state index contributed by atoms with van der Waals surface area (Å²) in [6.07, 6.45) is 8.29. The highest BCUT2D eigenvalue weighted by Crippen LogP contribution is 2.57. The quantitative estimate of drug-likeness (QED) is 0.271. The van der Waals surface area contributed by atoms with Crippen LogP contribution in [0.25, 0.3) is 6.08 Å². The molecule has 1 saturated heterocycles. The van der Waals surface area contributed by atoms with Gasteiger partial charge in [-0.1, -0.05) is 86.0 Å². The Hall–Kier alpha value is -3.70. The third kappa shape index (κ3) is 3.86. The lowest BCUT2D eigenvalue weighted by Crippen LogP contribution is -2.51. The van der Waals surface area contributed by atoms with Gasteiger partial charge in [0.05, 0.1) is 18.0 Å². The van der Waals surface area contributed by atoms with Crippen LogP contribution in [0.3, 0.4) is 0 Å². The van der Waals surface area contributed by atoms with Gasteiger partial charge in [0.1, 0.15) is 5.41 Å². The number of carbonyl (C=O) groups is 3. The first-order chi connectivity index (χ1) is 18.9. The largest absolute Gasteiger partial charge is 0.352 e. The maximum absolute atomic E-state index is 14.6. The molecule has 5 nitrogen and oxygen atoms in total. The minimum atomic E-state index is -1.27. The van der Waals surface area contributed by atoms with Gasteiger partial charge in [-0.15, -0.1) is 0 Å². The summed E-state index contributed by atoms with van der Waals surface area (Å²) in [5, 5.41) is 3.63. The van der Waals surface area contributed by atoms with E-state index in [-0.39, 0.29) is 17.5 Å². The van der Waals surface area contributed by atoms with Crippen LogP contribution in [-0.2, 0) is 21.4 Å². The van der Waals surface area contributed by atoms with E-state index >= 15 is 0 Å². The van der Waals surface area contributed by atoms with Gasteiger partial charge in [-0.2, -0.15) is 0 Å². The highest BCUT2D eigenvalue weighted by atomic mass is 35.5. The number of Topliss-reactive ketones (excluding diaryl/α,β-unsaturated/α-hetero) is 2. The van der Waals surface area contributed by atoms with Crippen molar-refractivity contribution in [3.8, 4) is 0 Å². The van der Waals surface area contributed by atoms with E-state index in [2.05, 4.69) is 12.2 Å². The topological polar surface area (TPSA) is 66.5 Å². The van der Waals surface area contributed by atoms with Crippen LogP contribution in [0, 0.1) is 5.92 Å². The summed E-state index contributed by atoms with van der Waals surface area (Å²) in [7, 11) is 0. The first-order valence-electron chi connectivity index (χ1n) is 13.7. The summed E-state index contributed by atoms with van der Waals surface area (Å²) in [6, 6.07) is 19.4. The van der Waals surface area contributed by atoms with Gasteiger partial charge in [0, 0.05) is 22.0 Å². The summed E-state index contributed by atoms with van der Waals surface area (Å²) in [6.45, 7) is 3.70. The monoisotopic (exact) mass is 538 g/mol. The zero-order valence-electron chi connectivity index (χ0n) is 22.1. The van der Waals surface area contributed by atoms with E-state index in [1.54, 1.807) is 6.07 Å². The second-order valence-electron chi connectivity index (χ2n) is 10.8. The Kier molecular flexibility index (Phi) is 6.43. The van der Waals surface area contributed by atoms with Crippen molar-refractivity contribution in [2.45, 2.75) is 57.0 Å². The number of benzene rings is 3. The predicted molar refractivity (Wildman–Crippen MR) is 155 cm³/mol. The number of rotatable bonds is 7. The van der Waals surface area contributed by atoms with Gasteiger partial charge >= 0.3 is 0 Å². The molecule has 3 aliphatic rings. The van der Waals surface area contributed by atoms with Crippen LogP contribution >= 0.6 is 11.6 Å². The number of ketones is 2. The number of hydrogen-bond donors (Lipinski definition) is 1. The number of nitrogens with zero attached hydrogens (tertiary/aromatic N) is 1. The van der Waals surface area contributed by atoms with Crippen LogP contribution in [0.2, 0.25) is 5.02 Å². The second-order valence-corrected chi connectivity index (χ2v) is 11.3. The Morgan fingerprint density at radius 2 is 1.79 bits per heavy atom. The first-order valence-corrected chi connectivity index (χ1v) is 14.1. The van der Waals surface area contributed by atoms with Gasteiger partial charge in [-0.05, 0) is 60.7 Å². The molecular formula is C33H31ClN2O3. The highest BCUT2D eigenvalue weighted by molar-refractivity contribution is 6.31. The molecule has 0 aromatic heterocycles. The predicted octanol–water partition coefficient (Wildman–Crippen LogP) is 6.63. The molecule has 0 unspecified atom stereocenters. The number of carbonyl (C=O) groups excluding carboxylic acids is 3. The van der Waals surface area contributed by atoms with Gasteiger partial charge in [-0.25, -0.2) is 0 Å². The van der Waals surface area contributed by atoms with Crippen LogP contribution < -0.4 is 10.2 Å². The van der Waals surface area contributed by atoms with Crippen LogP contribution in [0.1, 0.15) is 60.2 Å². The van der Waals surface area contributed by atoms with E-state index in [0.29, 0.717) is 16.3 Å². The van der Waals surface area contributed by atoms with E-state index < -0.39 is 23.4 Å². The minimum absolute atomic E-state index is 0.153. The maximum atomic E-state index is 14.6. The Labute approximate surface area is 233 Å². The number of fused-ring (bicyclic) bond motifs is 6. The van der Waals surface area contributed by atoms with Crippen LogP contribution in [0.15, 0.2) is 72.8 Å². The number of aryl methyl sites for hydroxylation is 1. The highest BCUT2D eigenvalue weighted by Gasteiger charge is 2.69. The van der Waals surface area contributed by atoms with E-state index in [4.69, 9.17) is 11.6 Å². The molecule has 6 heteroatoms. The molecule has 1 fully saturated rings. The fraction of sp³-hybridized carbons (Fsp3) is 0.303. The number of amides is 1. The fourth-order valence-corrected chi connectivity index (χ4v) is 7.08. The number of anilines is 2. The van der Waals surface area contributed by atoms with E-state index in [9.17, 15) is 14.4 Å². The Morgan fingerprint density at radius 1 is 1.03 bits per heavy atom. The van der Waals surface area contributed by atoms with Crippen molar-refractivity contribution in [1.29, 1.82) is 0 Å². The number of unbranched alkanes of at least 4 members (excludes halogenated alkanes) is 2. The lowest BCUT2D eigenvalue weighted by atomic mass is 9.64. The zero-order valence-corrected chi connectivity index (χ0v) is 22.9. The summed E-state index contributed by atoms with van der Waals surface area (Å²) >= 11 is 6.30. The van der Waals surface area contributed by atoms with Gasteiger partial charge in [0.2, 0.25) is 5.91 Å². The summed E-state index contributed by atoms with van der Waals surface area (Å²) < 4.78 is 0. The van der Waals surface area contributed by atoms with Gasteiger partial charge in [-0.3, -0.25) is 14.4 Å². The molecule has 3 aliphatic heterocycles. The van der Waals surface area contributed by atoms with Crippen molar-refractivity contribution in [3.05, 3.63) is 100 Å². The molecule has 3 aromatic rings.